The molecule has 0 saturated heterocycles. The highest BCUT2D eigenvalue weighted by Gasteiger charge is 2.28. The molecule has 0 aromatic heterocycles. The maximum Gasteiger partial charge on any atom is 0.236 e. The Morgan fingerprint density at radius 2 is 1.54 bits per heavy atom. The van der Waals surface area contributed by atoms with Gasteiger partial charge in [0.05, 0.1) is 6.61 Å². The van der Waals surface area contributed by atoms with E-state index in [2.05, 4.69) is 55.7 Å². The Labute approximate surface area is 166 Å². The summed E-state index contributed by atoms with van der Waals surface area (Å²) in [7, 11) is 0. The quantitative estimate of drug-likeness (QED) is 0.722. The van der Waals surface area contributed by atoms with E-state index in [0.29, 0.717) is 13.0 Å². The molecule has 0 bridgehead atoms. The molecule has 0 spiro atoms. The van der Waals surface area contributed by atoms with Crippen LogP contribution in [-0.4, -0.2) is 18.6 Å². The number of hydrogen-bond acceptors (Lipinski definition) is 3. The minimum Gasteiger partial charge on any atom is -0.368 e. The van der Waals surface area contributed by atoms with Gasteiger partial charge in [-0.1, -0.05) is 75.7 Å². The molecule has 0 heterocycles. The van der Waals surface area contributed by atoms with Crippen LogP contribution in [0.5, 0.6) is 0 Å². The van der Waals surface area contributed by atoms with Gasteiger partial charge in [0.15, 0.2) is 0 Å². The number of fused-ring (bicyclic) bond motifs is 3. The molecule has 146 valence electrons. The van der Waals surface area contributed by atoms with E-state index < -0.39 is 11.9 Å². The number of rotatable bonds is 6. The number of nitrogens with one attached hydrogen (secondary N) is 1. The van der Waals surface area contributed by atoms with E-state index in [9.17, 15) is 4.79 Å². The summed E-state index contributed by atoms with van der Waals surface area (Å²) in [6.07, 6.45) is 1.85. The van der Waals surface area contributed by atoms with Crippen LogP contribution in [0.3, 0.4) is 0 Å². The molecule has 26 heavy (non-hydrogen) atoms. The van der Waals surface area contributed by atoms with Gasteiger partial charge in [-0.05, 0) is 28.7 Å². The van der Waals surface area contributed by atoms with Crippen LogP contribution >= 0.6 is 13.5 Å². The van der Waals surface area contributed by atoms with E-state index >= 15 is 0 Å². The summed E-state index contributed by atoms with van der Waals surface area (Å²) in [4.78, 5) is 16.8. The summed E-state index contributed by atoms with van der Waals surface area (Å²) < 4.78 is 0. The number of hydrogen-bond donors (Lipinski definition) is 2. The van der Waals surface area contributed by atoms with Crippen molar-refractivity contribution in [1.82, 2.24) is 5.48 Å². The van der Waals surface area contributed by atoms with E-state index in [-0.39, 0.29) is 22.3 Å². The summed E-state index contributed by atoms with van der Waals surface area (Å²) in [5.74, 6) is -0.222. The van der Waals surface area contributed by atoms with Crippen LogP contribution in [0.2, 0.25) is 0 Å². The van der Waals surface area contributed by atoms with E-state index in [0.717, 1.165) is 0 Å². The third kappa shape index (κ3) is 5.10. The molecule has 2 aromatic carbocycles. The molecule has 1 aliphatic carbocycles. The van der Waals surface area contributed by atoms with Crippen LogP contribution in [0.25, 0.3) is 11.1 Å². The number of nitrogens with two attached hydrogens (primary N) is 1. The Bertz CT molecular complexity index is 671. The van der Waals surface area contributed by atoms with E-state index in [1.165, 1.54) is 28.7 Å². The molecule has 0 radical (unpaired) electrons. The Balaban J connectivity index is 0. The summed E-state index contributed by atoms with van der Waals surface area (Å²) >= 11 is 0. The van der Waals surface area contributed by atoms with Gasteiger partial charge in [-0.15, -0.1) is 0 Å². The largest absolute Gasteiger partial charge is 0.368 e. The van der Waals surface area contributed by atoms with E-state index in [4.69, 9.17) is 10.6 Å². The Kier molecular flexibility index (Phi) is 9.41. The highest BCUT2D eigenvalue weighted by atomic mass is 32.1. The molecular formula is C21H34N2O2S. The van der Waals surface area contributed by atoms with Crippen LogP contribution in [0, 0.1) is 0 Å². The second-order valence-corrected chi connectivity index (χ2v) is 6.23. The van der Waals surface area contributed by atoms with Crippen LogP contribution < -0.4 is 11.2 Å². The normalized spacial score (nSPS) is 12.9. The monoisotopic (exact) mass is 378 g/mol. The van der Waals surface area contributed by atoms with Crippen molar-refractivity contribution < 1.29 is 12.5 Å². The van der Waals surface area contributed by atoms with Crippen LogP contribution in [0.4, 0.5) is 0 Å². The Morgan fingerprint density at radius 3 is 1.96 bits per heavy atom. The number of benzene rings is 2. The fourth-order valence-electron chi connectivity index (χ4n) is 3.01. The third-order valence-corrected chi connectivity index (χ3v) is 4.19. The Morgan fingerprint density at radius 1 is 1.08 bits per heavy atom. The van der Waals surface area contributed by atoms with Crippen LogP contribution in [0.1, 0.15) is 53.5 Å². The average Bonchev–Trinajstić information content (AvgIpc) is 2.93. The summed E-state index contributed by atoms with van der Waals surface area (Å²) in [6, 6.07) is 16.3. The van der Waals surface area contributed by atoms with Gasteiger partial charge in [-0.2, -0.15) is 19.0 Å². The molecule has 0 unspecified atom stereocenters. The fraction of sp³-hybridized carbons (Fsp3) is 0.381. The predicted molar refractivity (Wildman–Crippen MR) is 117 cm³/mol. The molecule has 0 fully saturated rings. The zero-order valence-corrected chi connectivity index (χ0v) is 16.8. The van der Waals surface area contributed by atoms with Gasteiger partial charge >= 0.3 is 0 Å². The molecule has 2 aromatic rings. The predicted octanol–water partition coefficient (Wildman–Crippen LogP) is 4.61. The van der Waals surface area contributed by atoms with Crippen LogP contribution in [-0.2, 0) is 9.63 Å². The standard InChI is InChI=1S/C18H20N2O2.C3H8.H2S.2H2/c1-2-17(18(19)21)20-22-11-16-14-9-5-3-7-12(14)13-8-4-6-10-15(13)16;1-3-2;;;/h3-10,16-17,20H,2,11H2,1H3,(H2,19,21);3H2,1-2H3;1H2;2*1H/t17-;;;;/m0..../s1. The first-order valence-corrected chi connectivity index (χ1v) is 8.98. The topological polar surface area (TPSA) is 64.3 Å². The van der Waals surface area contributed by atoms with Crippen LogP contribution in [0.15, 0.2) is 48.5 Å². The Hall–Kier alpha value is -1.82. The smallest absolute Gasteiger partial charge is 0.236 e. The minimum atomic E-state index is -0.452. The maximum atomic E-state index is 11.2. The molecular weight excluding hydrogens is 344 g/mol. The summed E-state index contributed by atoms with van der Waals surface area (Å²) in [6.45, 7) is 6.61. The molecule has 5 heteroatoms. The number of carbonyl (C=O) groups excluding carboxylic acids is 1. The lowest BCUT2D eigenvalue weighted by atomic mass is 9.98. The summed E-state index contributed by atoms with van der Waals surface area (Å²) in [5.41, 5.74) is 13.1. The summed E-state index contributed by atoms with van der Waals surface area (Å²) in [5, 5.41) is 0. The zero-order chi connectivity index (χ0) is 18.2. The molecule has 4 nitrogen and oxygen atoms in total. The third-order valence-electron chi connectivity index (χ3n) is 4.19. The number of hydroxylamine groups is 1. The maximum absolute atomic E-state index is 11.2. The molecule has 1 amide bonds. The fourth-order valence-corrected chi connectivity index (χ4v) is 3.01. The van der Waals surface area contributed by atoms with Gasteiger partial charge in [-0.25, -0.2) is 0 Å². The van der Waals surface area contributed by atoms with Gasteiger partial charge in [0, 0.05) is 8.77 Å². The zero-order valence-electron chi connectivity index (χ0n) is 15.8. The number of carbonyl (C=O) groups is 1. The molecule has 1 atom stereocenters. The van der Waals surface area contributed by atoms with Crippen molar-refractivity contribution in [3.8, 4) is 11.1 Å². The molecule has 0 aliphatic heterocycles. The van der Waals surface area contributed by atoms with E-state index in [1.807, 2.05) is 19.1 Å². The van der Waals surface area contributed by atoms with Gasteiger partial charge in [0.25, 0.3) is 0 Å². The van der Waals surface area contributed by atoms with Crippen molar-refractivity contribution >= 4 is 19.4 Å². The second-order valence-electron chi connectivity index (χ2n) is 6.23. The minimum absolute atomic E-state index is 0. The highest BCUT2D eigenvalue weighted by molar-refractivity contribution is 7.59. The van der Waals surface area contributed by atoms with Crippen molar-refractivity contribution in [3.05, 3.63) is 59.7 Å². The highest BCUT2D eigenvalue weighted by Crippen LogP contribution is 2.44. The molecule has 3 N–H and O–H groups in total. The van der Waals surface area contributed by atoms with Crippen molar-refractivity contribution in [2.45, 2.75) is 45.6 Å². The van der Waals surface area contributed by atoms with E-state index in [1.54, 1.807) is 0 Å². The lowest BCUT2D eigenvalue weighted by Gasteiger charge is -2.17. The first-order valence-electron chi connectivity index (χ1n) is 8.98. The van der Waals surface area contributed by atoms with Crippen molar-refractivity contribution in [3.63, 3.8) is 0 Å². The molecule has 1 aliphatic rings. The van der Waals surface area contributed by atoms with Crippen molar-refractivity contribution in [2.24, 2.45) is 5.73 Å². The molecule has 0 saturated carbocycles. The van der Waals surface area contributed by atoms with Crippen molar-refractivity contribution in [2.75, 3.05) is 6.61 Å². The number of primary amides is 1. The van der Waals surface area contributed by atoms with Crippen molar-refractivity contribution in [1.29, 1.82) is 0 Å². The number of amides is 1. The average molecular weight is 379 g/mol. The SMILES string of the molecule is CCC.CC[C@H](NOCC1c2ccccc2-c2ccccc21)C(N)=O.S.[HH].[HH]. The lowest BCUT2D eigenvalue weighted by Crippen LogP contribution is -2.41. The lowest BCUT2D eigenvalue weighted by molar-refractivity contribution is -0.124. The second kappa shape index (κ2) is 11.0. The first kappa shape index (κ1) is 22.2. The van der Waals surface area contributed by atoms with Gasteiger partial charge in [-0.3, -0.25) is 4.79 Å². The van der Waals surface area contributed by atoms with Gasteiger partial charge < -0.3 is 10.6 Å². The van der Waals surface area contributed by atoms with Gasteiger partial charge in [0.2, 0.25) is 5.91 Å². The first-order chi connectivity index (χ1) is 12.1. The van der Waals surface area contributed by atoms with Gasteiger partial charge in [0.1, 0.15) is 6.04 Å². The molecule has 3 rings (SSSR count).